The number of benzene rings is 1. The summed E-state index contributed by atoms with van der Waals surface area (Å²) in [6.45, 7) is 3.57. The van der Waals surface area contributed by atoms with Gasteiger partial charge in [0.1, 0.15) is 5.82 Å². The van der Waals surface area contributed by atoms with E-state index in [2.05, 4.69) is 5.32 Å². The molecule has 14 heavy (non-hydrogen) atoms. The van der Waals surface area contributed by atoms with Crippen molar-refractivity contribution in [1.29, 1.82) is 5.41 Å². The lowest BCUT2D eigenvalue weighted by Gasteiger charge is -2.05. The summed E-state index contributed by atoms with van der Waals surface area (Å²) >= 11 is 0. The first kappa shape index (κ1) is 10.4. The zero-order chi connectivity index (χ0) is 10.6. The van der Waals surface area contributed by atoms with Crippen molar-refractivity contribution in [2.75, 3.05) is 5.32 Å². The van der Waals surface area contributed by atoms with Gasteiger partial charge in [-0.05, 0) is 44.2 Å². The van der Waals surface area contributed by atoms with Crippen molar-refractivity contribution in [3.05, 3.63) is 41.9 Å². The van der Waals surface area contributed by atoms with Crippen LogP contribution in [-0.4, -0.2) is 5.71 Å². The molecular formula is C11H13FN2. The number of hydrogen-bond acceptors (Lipinski definition) is 2. The highest BCUT2D eigenvalue weighted by molar-refractivity contribution is 5.90. The predicted octanol–water partition coefficient (Wildman–Crippen LogP) is 3.18. The molecule has 0 saturated heterocycles. The Morgan fingerprint density at radius 2 is 1.86 bits per heavy atom. The van der Waals surface area contributed by atoms with Crippen molar-refractivity contribution in [2.45, 2.75) is 13.8 Å². The Hall–Kier alpha value is -1.64. The second-order valence-corrected chi connectivity index (χ2v) is 3.14. The van der Waals surface area contributed by atoms with Crippen LogP contribution in [0.4, 0.5) is 10.1 Å². The van der Waals surface area contributed by atoms with Gasteiger partial charge in [0.2, 0.25) is 0 Å². The molecule has 1 aromatic carbocycles. The molecule has 0 bridgehead atoms. The molecule has 0 radical (unpaired) electrons. The molecule has 0 atom stereocenters. The van der Waals surface area contributed by atoms with Gasteiger partial charge in [0.05, 0.1) is 0 Å². The van der Waals surface area contributed by atoms with Crippen molar-refractivity contribution in [3.8, 4) is 0 Å². The molecule has 3 heteroatoms. The lowest BCUT2D eigenvalue weighted by molar-refractivity contribution is 0.628. The van der Waals surface area contributed by atoms with E-state index in [9.17, 15) is 4.39 Å². The van der Waals surface area contributed by atoms with Gasteiger partial charge < -0.3 is 10.7 Å². The van der Waals surface area contributed by atoms with Crippen LogP contribution in [0.25, 0.3) is 0 Å². The second-order valence-electron chi connectivity index (χ2n) is 3.14. The SMILES string of the molecule is CC(=N)/C=C(/C)Nc1ccc(F)cc1. The molecule has 0 spiro atoms. The maximum atomic E-state index is 12.6. The van der Waals surface area contributed by atoms with Crippen molar-refractivity contribution in [2.24, 2.45) is 0 Å². The van der Waals surface area contributed by atoms with Crippen LogP contribution in [0, 0.1) is 11.2 Å². The Morgan fingerprint density at radius 1 is 1.29 bits per heavy atom. The minimum Gasteiger partial charge on any atom is -0.359 e. The van der Waals surface area contributed by atoms with E-state index in [1.165, 1.54) is 12.1 Å². The summed E-state index contributed by atoms with van der Waals surface area (Å²) in [4.78, 5) is 0. The zero-order valence-electron chi connectivity index (χ0n) is 8.26. The number of rotatable bonds is 3. The van der Waals surface area contributed by atoms with E-state index in [1.807, 2.05) is 6.92 Å². The number of hydrogen-bond donors (Lipinski definition) is 2. The van der Waals surface area contributed by atoms with Crippen molar-refractivity contribution in [3.63, 3.8) is 0 Å². The molecule has 0 heterocycles. The Morgan fingerprint density at radius 3 is 2.36 bits per heavy atom. The van der Waals surface area contributed by atoms with Crippen LogP contribution in [0.3, 0.4) is 0 Å². The highest BCUT2D eigenvalue weighted by Crippen LogP contribution is 2.10. The molecule has 1 rings (SSSR count). The summed E-state index contributed by atoms with van der Waals surface area (Å²) in [6, 6.07) is 6.11. The van der Waals surface area contributed by atoms with Gasteiger partial charge in [0.25, 0.3) is 0 Å². The highest BCUT2D eigenvalue weighted by atomic mass is 19.1. The number of halogens is 1. The Labute approximate surface area is 83.0 Å². The molecule has 0 aromatic heterocycles. The molecular weight excluding hydrogens is 179 g/mol. The van der Waals surface area contributed by atoms with Gasteiger partial charge in [-0.1, -0.05) is 0 Å². The van der Waals surface area contributed by atoms with Crippen molar-refractivity contribution < 1.29 is 4.39 Å². The Balaban J connectivity index is 2.69. The average Bonchev–Trinajstić information content (AvgIpc) is 2.07. The zero-order valence-corrected chi connectivity index (χ0v) is 8.26. The van der Waals surface area contributed by atoms with Crippen LogP contribution in [0.15, 0.2) is 36.0 Å². The van der Waals surface area contributed by atoms with Crippen LogP contribution < -0.4 is 5.32 Å². The van der Waals surface area contributed by atoms with E-state index in [4.69, 9.17) is 5.41 Å². The first-order valence-electron chi connectivity index (χ1n) is 4.34. The number of anilines is 1. The molecule has 0 saturated carbocycles. The highest BCUT2D eigenvalue weighted by Gasteiger charge is 1.93. The molecule has 0 amide bonds. The van der Waals surface area contributed by atoms with E-state index in [-0.39, 0.29) is 5.82 Å². The van der Waals surface area contributed by atoms with Gasteiger partial charge in [0, 0.05) is 17.1 Å². The first-order valence-corrected chi connectivity index (χ1v) is 4.34. The standard InChI is InChI=1S/C11H13FN2/c1-8(13)7-9(2)14-11-5-3-10(12)4-6-11/h3-7,13-14H,1-2H3/b9-7-,13-8?. The smallest absolute Gasteiger partial charge is 0.123 e. The first-order chi connectivity index (χ1) is 6.58. The quantitative estimate of drug-likeness (QED) is 0.709. The van der Waals surface area contributed by atoms with Crippen LogP contribution in [0.2, 0.25) is 0 Å². The number of allylic oxidation sites excluding steroid dienone is 2. The maximum Gasteiger partial charge on any atom is 0.123 e. The molecule has 0 aliphatic heterocycles. The van der Waals surface area contributed by atoms with Gasteiger partial charge in [-0.15, -0.1) is 0 Å². The van der Waals surface area contributed by atoms with E-state index in [0.717, 1.165) is 11.4 Å². The monoisotopic (exact) mass is 192 g/mol. The third-order valence-electron chi connectivity index (χ3n) is 1.62. The van der Waals surface area contributed by atoms with Crippen LogP contribution in [-0.2, 0) is 0 Å². The fourth-order valence-electron chi connectivity index (χ4n) is 1.12. The molecule has 0 unspecified atom stereocenters. The third-order valence-corrected chi connectivity index (χ3v) is 1.62. The van der Waals surface area contributed by atoms with Crippen molar-refractivity contribution in [1.82, 2.24) is 0 Å². The molecule has 2 N–H and O–H groups in total. The molecule has 1 aromatic rings. The van der Waals surface area contributed by atoms with Gasteiger partial charge in [-0.2, -0.15) is 0 Å². The fraction of sp³-hybridized carbons (Fsp3) is 0.182. The summed E-state index contributed by atoms with van der Waals surface area (Å²) in [5.41, 5.74) is 2.17. The Bertz CT molecular complexity index is 352. The van der Waals surface area contributed by atoms with E-state index < -0.39 is 0 Å². The topological polar surface area (TPSA) is 35.9 Å². The summed E-state index contributed by atoms with van der Waals surface area (Å²) < 4.78 is 12.6. The lowest BCUT2D eigenvalue weighted by atomic mass is 10.3. The van der Waals surface area contributed by atoms with Gasteiger partial charge in [-0.25, -0.2) is 4.39 Å². The van der Waals surface area contributed by atoms with Crippen molar-refractivity contribution >= 4 is 11.4 Å². The van der Waals surface area contributed by atoms with Gasteiger partial charge in [-0.3, -0.25) is 0 Å². The maximum absolute atomic E-state index is 12.6. The second kappa shape index (κ2) is 4.56. The number of nitrogens with one attached hydrogen (secondary N) is 2. The van der Waals surface area contributed by atoms with Crippen LogP contribution in [0.5, 0.6) is 0 Å². The minimum absolute atomic E-state index is 0.250. The molecule has 0 fully saturated rings. The molecule has 2 nitrogen and oxygen atoms in total. The summed E-state index contributed by atoms with van der Waals surface area (Å²) in [6.07, 6.45) is 1.71. The summed E-state index contributed by atoms with van der Waals surface area (Å²) in [5.74, 6) is -0.250. The van der Waals surface area contributed by atoms with Gasteiger partial charge >= 0.3 is 0 Å². The third kappa shape index (κ3) is 3.39. The van der Waals surface area contributed by atoms with Gasteiger partial charge in [0.15, 0.2) is 0 Å². The lowest BCUT2D eigenvalue weighted by Crippen LogP contribution is -1.97. The van der Waals surface area contributed by atoms with E-state index in [0.29, 0.717) is 5.71 Å². The van der Waals surface area contributed by atoms with Crippen LogP contribution >= 0.6 is 0 Å². The normalized spacial score (nSPS) is 11.2. The average molecular weight is 192 g/mol. The Kier molecular flexibility index (Phi) is 3.40. The largest absolute Gasteiger partial charge is 0.359 e. The predicted molar refractivity (Wildman–Crippen MR) is 57.2 cm³/mol. The van der Waals surface area contributed by atoms with E-state index >= 15 is 0 Å². The molecule has 74 valence electrons. The van der Waals surface area contributed by atoms with Crippen LogP contribution in [0.1, 0.15) is 13.8 Å². The molecule has 0 aliphatic rings. The fourth-order valence-corrected chi connectivity index (χ4v) is 1.12. The molecule has 0 aliphatic carbocycles. The summed E-state index contributed by atoms with van der Waals surface area (Å²) in [5, 5.41) is 10.3. The summed E-state index contributed by atoms with van der Waals surface area (Å²) in [7, 11) is 0. The minimum atomic E-state index is -0.250. The van der Waals surface area contributed by atoms with E-state index in [1.54, 1.807) is 25.1 Å².